The van der Waals surface area contributed by atoms with Crippen LogP contribution in [0.5, 0.6) is 11.5 Å². The molecule has 1 aliphatic rings. The van der Waals surface area contributed by atoms with Gasteiger partial charge in [0.15, 0.2) is 27.8 Å². The van der Waals surface area contributed by atoms with Crippen LogP contribution in [0, 0.1) is 6.92 Å². The maximum Gasteiger partial charge on any atom is 0.297 e. The number of nitrogens with zero attached hydrogens (tertiary/aromatic N) is 2. The van der Waals surface area contributed by atoms with Gasteiger partial charge in [-0.15, -0.1) is 0 Å². The highest BCUT2D eigenvalue weighted by Crippen LogP contribution is 2.44. The van der Waals surface area contributed by atoms with Crippen molar-refractivity contribution in [2.45, 2.75) is 19.9 Å². The van der Waals surface area contributed by atoms with E-state index in [4.69, 9.17) is 13.9 Å². The van der Waals surface area contributed by atoms with Crippen molar-refractivity contribution in [2.75, 3.05) is 19.1 Å². The Bertz CT molecular complexity index is 1590. The van der Waals surface area contributed by atoms with Crippen molar-refractivity contribution in [3.8, 4) is 11.5 Å². The van der Waals surface area contributed by atoms with Gasteiger partial charge in [-0.3, -0.25) is 19.3 Å². The molecule has 178 valence electrons. The number of fused-ring (bicyclic) bond motifs is 2. The van der Waals surface area contributed by atoms with Gasteiger partial charge < -0.3 is 13.9 Å². The summed E-state index contributed by atoms with van der Waals surface area (Å²) >= 11 is 4.50. The number of Topliss-reactive ketones (excluding diaryl/α,β-unsaturated/α-hetero) is 1. The lowest BCUT2D eigenvalue weighted by Gasteiger charge is -2.23. The third-order valence-electron chi connectivity index (χ3n) is 5.87. The summed E-state index contributed by atoms with van der Waals surface area (Å²) in [6.45, 7) is 3.16. The first-order chi connectivity index (χ1) is 16.7. The summed E-state index contributed by atoms with van der Waals surface area (Å²) < 4.78 is 17.5. The molecule has 4 aromatic rings. The van der Waals surface area contributed by atoms with Crippen LogP contribution >= 0.6 is 27.3 Å². The van der Waals surface area contributed by atoms with Gasteiger partial charge in [0, 0.05) is 11.4 Å². The van der Waals surface area contributed by atoms with Crippen molar-refractivity contribution in [2.24, 2.45) is 0 Å². The number of carbonyl (C=O) groups is 2. The van der Waals surface area contributed by atoms with E-state index in [1.165, 1.54) is 26.0 Å². The lowest BCUT2D eigenvalue weighted by Crippen LogP contribution is -2.29. The molecule has 0 bridgehead atoms. The molecule has 0 saturated heterocycles. The maximum absolute atomic E-state index is 13.7. The zero-order valence-corrected chi connectivity index (χ0v) is 21.6. The van der Waals surface area contributed by atoms with Crippen LogP contribution in [0.3, 0.4) is 0 Å². The van der Waals surface area contributed by atoms with Crippen molar-refractivity contribution >= 4 is 55.1 Å². The molecule has 35 heavy (non-hydrogen) atoms. The number of hydrogen-bond donors (Lipinski definition) is 0. The average molecular weight is 555 g/mol. The number of methoxy groups -OCH3 is 2. The number of carbonyl (C=O) groups excluding carboxylic acids is 2. The molecule has 1 unspecified atom stereocenters. The zero-order valence-electron chi connectivity index (χ0n) is 19.2. The van der Waals surface area contributed by atoms with Gasteiger partial charge in [-0.1, -0.05) is 33.3 Å². The van der Waals surface area contributed by atoms with Crippen molar-refractivity contribution < 1.29 is 23.5 Å². The minimum atomic E-state index is -0.845. The van der Waals surface area contributed by atoms with Crippen LogP contribution in [0.1, 0.15) is 50.0 Å². The summed E-state index contributed by atoms with van der Waals surface area (Å²) in [5.74, 6) is 0.236. The second kappa shape index (κ2) is 8.62. The first kappa shape index (κ1) is 23.3. The minimum Gasteiger partial charge on any atom is -0.493 e. The number of ether oxygens (including phenoxy) is 2. The van der Waals surface area contributed by atoms with Crippen LogP contribution in [0.4, 0.5) is 5.13 Å². The van der Waals surface area contributed by atoms with E-state index >= 15 is 0 Å². The summed E-state index contributed by atoms with van der Waals surface area (Å²) in [7, 11) is 3.04. The molecule has 0 saturated carbocycles. The van der Waals surface area contributed by atoms with Gasteiger partial charge >= 0.3 is 0 Å². The normalized spacial score (nSPS) is 14.9. The van der Waals surface area contributed by atoms with Crippen LogP contribution in [0.25, 0.3) is 11.0 Å². The number of ketones is 1. The first-order valence-corrected chi connectivity index (χ1v) is 12.2. The molecule has 1 amide bonds. The Morgan fingerprint density at radius 1 is 1.11 bits per heavy atom. The Labute approximate surface area is 212 Å². The second-order valence-electron chi connectivity index (χ2n) is 7.97. The largest absolute Gasteiger partial charge is 0.493 e. The summed E-state index contributed by atoms with van der Waals surface area (Å²) in [5.41, 5.74) is 1.30. The predicted molar refractivity (Wildman–Crippen MR) is 135 cm³/mol. The third kappa shape index (κ3) is 3.64. The summed E-state index contributed by atoms with van der Waals surface area (Å²) in [5, 5.41) is 0.645. The topological polar surface area (TPSA) is 98.9 Å². The van der Waals surface area contributed by atoms with Crippen molar-refractivity contribution in [3.63, 3.8) is 0 Å². The molecule has 0 spiro atoms. The van der Waals surface area contributed by atoms with E-state index in [1.54, 1.807) is 43.3 Å². The predicted octanol–water partition coefficient (Wildman–Crippen LogP) is 5.29. The SMILES string of the molecule is COc1ccc(C2c3c(oc4ccc(Br)cc4c3=O)C(=O)N2c2nc(C)c(C(C)=O)s2)cc1OC. The fourth-order valence-corrected chi connectivity index (χ4v) is 5.64. The molecule has 1 atom stereocenters. The van der Waals surface area contributed by atoms with Crippen molar-refractivity contribution in [1.82, 2.24) is 4.98 Å². The highest BCUT2D eigenvalue weighted by molar-refractivity contribution is 9.10. The number of benzene rings is 2. The van der Waals surface area contributed by atoms with Gasteiger partial charge in [0.05, 0.1) is 41.8 Å². The Kier molecular flexibility index (Phi) is 5.72. The van der Waals surface area contributed by atoms with Gasteiger partial charge in [0.25, 0.3) is 5.91 Å². The number of rotatable bonds is 5. The van der Waals surface area contributed by atoms with Crippen LogP contribution < -0.4 is 19.8 Å². The van der Waals surface area contributed by atoms with E-state index in [0.717, 1.165) is 11.3 Å². The number of aryl methyl sites for hydroxylation is 1. The number of hydrogen-bond acceptors (Lipinski definition) is 8. The molecule has 0 radical (unpaired) electrons. The smallest absolute Gasteiger partial charge is 0.297 e. The maximum atomic E-state index is 13.7. The van der Waals surface area contributed by atoms with E-state index in [9.17, 15) is 14.4 Å². The Morgan fingerprint density at radius 3 is 2.51 bits per heavy atom. The van der Waals surface area contributed by atoms with Crippen LogP contribution in [0.15, 0.2) is 50.1 Å². The monoisotopic (exact) mass is 554 g/mol. The number of aromatic nitrogens is 1. The molecule has 0 aliphatic carbocycles. The number of amides is 1. The van der Waals surface area contributed by atoms with E-state index in [-0.39, 0.29) is 22.5 Å². The fourth-order valence-electron chi connectivity index (χ4n) is 4.29. The minimum absolute atomic E-state index is 0.0539. The number of halogens is 1. The zero-order chi connectivity index (χ0) is 25.0. The van der Waals surface area contributed by atoms with Crippen LogP contribution in [-0.2, 0) is 0 Å². The fraction of sp³-hybridized carbons (Fsp3) is 0.200. The van der Waals surface area contributed by atoms with E-state index in [0.29, 0.717) is 48.2 Å². The molecule has 1 aliphatic heterocycles. The van der Waals surface area contributed by atoms with Gasteiger partial charge in [0.1, 0.15) is 5.58 Å². The summed E-state index contributed by atoms with van der Waals surface area (Å²) in [4.78, 5) is 45.9. The molecule has 3 heterocycles. The molecule has 8 nitrogen and oxygen atoms in total. The third-order valence-corrected chi connectivity index (χ3v) is 7.62. The highest BCUT2D eigenvalue weighted by Gasteiger charge is 2.45. The van der Waals surface area contributed by atoms with Crippen LogP contribution in [0.2, 0.25) is 0 Å². The quantitative estimate of drug-likeness (QED) is 0.309. The van der Waals surface area contributed by atoms with E-state index in [2.05, 4.69) is 20.9 Å². The molecule has 5 rings (SSSR count). The molecule has 2 aromatic heterocycles. The van der Waals surface area contributed by atoms with E-state index < -0.39 is 11.9 Å². The highest BCUT2D eigenvalue weighted by atomic mass is 79.9. The molecule has 0 N–H and O–H groups in total. The average Bonchev–Trinajstić information content (AvgIpc) is 3.36. The molecular weight excluding hydrogens is 536 g/mol. The number of thiazole rings is 1. The van der Waals surface area contributed by atoms with Crippen LogP contribution in [-0.4, -0.2) is 30.9 Å². The standard InChI is InChI=1S/C25H19BrN2O6S/c1-11-23(12(2)29)35-25(27-11)28-20(13-5-7-17(32-3)18(9-13)33-4)19-21(30)15-10-14(26)6-8-16(15)34-22(19)24(28)31/h5-10,20H,1-4H3. The second-order valence-corrected chi connectivity index (χ2v) is 9.87. The van der Waals surface area contributed by atoms with Crippen molar-refractivity contribution in [3.05, 3.63) is 78.6 Å². The van der Waals surface area contributed by atoms with Crippen molar-refractivity contribution in [1.29, 1.82) is 0 Å². The Hall–Kier alpha value is -3.50. The van der Waals surface area contributed by atoms with Gasteiger partial charge in [-0.2, -0.15) is 0 Å². The van der Waals surface area contributed by atoms with Gasteiger partial charge in [-0.05, 0) is 42.8 Å². The first-order valence-electron chi connectivity index (χ1n) is 10.5. The molecule has 10 heteroatoms. The lowest BCUT2D eigenvalue weighted by molar-refractivity contribution is 0.0969. The summed E-state index contributed by atoms with van der Waals surface area (Å²) in [6.07, 6.45) is 0. The molecule has 2 aromatic carbocycles. The lowest BCUT2D eigenvalue weighted by atomic mass is 9.98. The number of anilines is 1. The molecular formula is C25H19BrN2O6S. The van der Waals surface area contributed by atoms with Gasteiger partial charge in [0.2, 0.25) is 5.76 Å². The molecule has 0 fully saturated rings. The van der Waals surface area contributed by atoms with Gasteiger partial charge in [-0.25, -0.2) is 4.98 Å². The Balaban J connectivity index is 1.81. The summed E-state index contributed by atoms with van der Waals surface area (Å²) in [6, 6.07) is 9.40. The Morgan fingerprint density at radius 2 is 1.86 bits per heavy atom. The van der Waals surface area contributed by atoms with E-state index in [1.807, 2.05) is 0 Å².